The number of aliphatic hydroxyl groups is 2. The summed E-state index contributed by atoms with van der Waals surface area (Å²) in [5.41, 5.74) is 0.254. The monoisotopic (exact) mass is 282 g/mol. The molecule has 4 heteroatoms. The SMILES string of the molecule is C[C@H](O)c1ccc(OCC(O)CC2CCCC2)cc1F. The first-order chi connectivity index (χ1) is 9.56. The van der Waals surface area contributed by atoms with Crippen molar-refractivity contribution in [2.24, 2.45) is 5.92 Å². The zero-order valence-electron chi connectivity index (χ0n) is 11.9. The highest BCUT2D eigenvalue weighted by Crippen LogP contribution is 2.29. The molecule has 0 aromatic heterocycles. The molecule has 1 aromatic carbocycles. The van der Waals surface area contributed by atoms with Crippen LogP contribution in [-0.2, 0) is 0 Å². The van der Waals surface area contributed by atoms with Gasteiger partial charge in [-0.2, -0.15) is 0 Å². The second kappa shape index (κ2) is 7.04. The molecule has 3 nitrogen and oxygen atoms in total. The number of aliphatic hydroxyl groups excluding tert-OH is 2. The molecule has 1 fully saturated rings. The fourth-order valence-electron chi connectivity index (χ4n) is 2.83. The molecule has 0 bridgehead atoms. The van der Waals surface area contributed by atoms with Crippen LogP contribution in [0.4, 0.5) is 4.39 Å². The van der Waals surface area contributed by atoms with Crippen LogP contribution in [0.5, 0.6) is 5.75 Å². The molecular formula is C16H23FO3. The van der Waals surface area contributed by atoms with E-state index in [1.165, 1.54) is 44.7 Å². The Kier molecular flexibility index (Phi) is 5.38. The summed E-state index contributed by atoms with van der Waals surface area (Å²) in [4.78, 5) is 0. The van der Waals surface area contributed by atoms with Gasteiger partial charge >= 0.3 is 0 Å². The van der Waals surface area contributed by atoms with Crippen LogP contribution >= 0.6 is 0 Å². The number of rotatable bonds is 6. The van der Waals surface area contributed by atoms with Crippen LogP contribution in [0.1, 0.15) is 50.7 Å². The van der Waals surface area contributed by atoms with Gasteiger partial charge in [0, 0.05) is 11.6 Å². The molecule has 112 valence electrons. The molecule has 1 saturated carbocycles. The maximum atomic E-state index is 13.7. The van der Waals surface area contributed by atoms with Crippen LogP contribution in [0.3, 0.4) is 0 Å². The molecule has 0 saturated heterocycles. The molecular weight excluding hydrogens is 259 g/mol. The number of ether oxygens (including phenoxy) is 1. The minimum Gasteiger partial charge on any atom is -0.491 e. The number of benzene rings is 1. The van der Waals surface area contributed by atoms with E-state index in [0.29, 0.717) is 11.7 Å². The van der Waals surface area contributed by atoms with Crippen LogP contribution < -0.4 is 4.74 Å². The molecule has 0 radical (unpaired) electrons. The van der Waals surface area contributed by atoms with Crippen molar-refractivity contribution in [3.8, 4) is 5.75 Å². The average molecular weight is 282 g/mol. The van der Waals surface area contributed by atoms with Gasteiger partial charge in [0.25, 0.3) is 0 Å². The molecule has 0 amide bonds. The first kappa shape index (κ1) is 15.3. The van der Waals surface area contributed by atoms with Gasteiger partial charge in [0.15, 0.2) is 0 Å². The lowest BCUT2D eigenvalue weighted by molar-refractivity contribution is 0.0853. The largest absolute Gasteiger partial charge is 0.491 e. The molecule has 1 unspecified atom stereocenters. The first-order valence-corrected chi connectivity index (χ1v) is 7.34. The van der Waals surface area contributed by atoms with E-state index >= 15 is 0 Å². The van der Waals surface area contributed by atoms with E-state index in [1.54, 1.807) is 6.07 Å². The second-order valence-electron chi connectivity index (χ2n) is 5.71. The molecule has 20 heavy (non-hydrogen) atoms. The van der Waals surface area contributed by atoms with Crippen molar-refractivity contribution in [1.29, 1.82) is 0 Å². The molecule has 1 aliphatic carbocycles. The summed E-state index contributed by atoms with van der Waals surface area (Å²) in [6.07, 6.45) is 4.31. The smallest absolute Gasteiger partial charge is 0.132 e. The van der Waals surface area contributed by atoms with Gasteiger partial charge in [-0.25, -0.2) is 4.39 Å². The first-order valence-electron chi connectivity index (χ1n) is 7.34. The van der Waals surface area contributed by atoms with Crippen LogP contribution in [0, 0.1) is 11.7 Å². The Labute approximate surface area is 119 Å². The molecule has 0 heterocycles. The predicted molar refractivity (Wildman–Crippen MR) is 75.1 cm³/mol. The van der Waals surface area contributed by atoms with Gasteiger partial charge in [-0.15, -0.1) is 0 Å². The highest BCUT2D eigenvalue weighted by atomic mass is 19.1. The lowest BCUT2D eigenvalue weighted by Gasteiger charge is -2.16. The van der Waals surface area contributed by atoms with E-state index in [-0.39, 0.29) is 12.2 Å². The third-order valence-electron chi connectivity index (χ3n) is 3.94. The van der Waals surface area contributed by atoms with E-state index in [9.17, 15) is 14.6 Å². The van der Waals surface area contributed by atoms with Gasteiger partial charge in [-0.1, -0.05) is 25.7 Å². The Morgan fingerprint density at radius 3 is 2.60 bits per heavy atom. The lowest BCUT2D eigenvalue weighted by Crippen LogP contribution is -2.20. The topological polar surface area (TPSA) is 49.7 Å². The number of hydrogen-bond acceptors (Lipinski definition) is 3. The van der Waals surface area contributed by atoms with Gasteiger partial charge in [-0.3, -0.25) is 0 Å². The Balaban J connectivity index is 1.82. The van der Waals surface area contributed by atoms with Crippen LogP contribution in [0.2, 0.25) is 0 Å². The Morgan fingerprint density at radius 1 is 1.30 bits per heavy atom. The van der Waals surface area contributed by atoms with Gasteiger partial charge in [0.2, 0.25) is 0 Å². The molecule has 2 N–H and O–H groups in total. The molecule has 2 atom stereocenters. The van der Waals surface area contributed by atoms with Crippen LogP contribution in [0.25, 0.3) is 0 Å². The minimum absolute atomic E-state index is 0.184. The second-order valence-corrected chi connectivity index (χ2v) is 5.71. The number of halogens is 1. The summed E-state index contributed by atoms with van der Waals surface area (Å²) < 4.78 is 19.1. The standard InChI is InChI=1S/C16H23FO3/c1-11(18)15-7-6-14(9-16(15)17)20-10-13(19)8-12-4-2-3-5-12/h6-7,9,11-13,18-19H,2-5,8,10H2,1H3/t11-,13?/m0/s1. The van der Waals surface area contributed by atoms with E-state index in [0.717, 1.165) is 6.42 Å². The summed E-state index contributed by atoms with van der Waals surface area (Å²) in [7, 11) is 0. The van der Waals surface area contributed by atoms with Crippen molar-refractivity contribution in [2.45, 2.75) is 51.2 Å². The van der Waals surface area contributed by atoms with Gasteiger partial charge in [0.1, 0.15) is 18.2 Å². The van der Waals surface area contributed by atoms with Crippen molar-refractivity contribution in [3.05, 3.63) is 29.6 Å². The summed E-state index contributed by atoms with van der Waals surface area (Å²) in [6, 6.07) is 4.39. The molecule has 0 spiro atoms. The zero-order valence-corrected chi connectivity index (χ0v) is 11.9. The third-order valence-corrected chi connectivity index (χ3v) is 3.94. The Morgan fingerprint density at radius 2 is 2.00 bits per heavy atom. The molecule has 1 aliphatic rings. The van der Waals surface area contributed by atoms with Crippen molar-refractivity contribution < 1.29 is 19.3 Å². The van der Waals surface area contributed by atoms with Crippen molar-refractivity contribution >= 4 is 0 Å². The van der Waals surface area contributed by atoms with Crippen LogP contribution in [0.15, 0.2) is 18.2 Å². The van der Waals surface area contributed by atoms with Crippen molar-refractivity contribution in [3.63, 3.8) is 0 Å². The Bertz CT molecular complexity index is 428. The van der Waals surface area contributed by atoms with E-state index < -0.39 is 18.0 Å². The normalized spacial score (nSPS) is 19.0. The summed E-state index contributed by atoms with van der Waals surface area (Å²) in [5, 5.41) is 19.3. The van der Waals surface area contributed by atoms with E-state index in [4.69, 9.17) is 4.74 Å². The minimum atomic E-state index is -0.836. The lowest BCUT2D eigenvalue weighted by atomic mass is 10.0. The van der Waals surface area contributed by atoms with Crippen LogP contribution in [-0.4, -0.2) is 22.9 Å². The van der Waals surface area contributed by atoms with Gasteiger partial charge in [-0.05, 0) is 31.4 Å². The zero-order chi connectivity index (χ0) is 14.5. The number of hydrogen-bond donors (Lipinski definition) is 2. The average Bonchev–Trinajstić information content (AvgIpc) is 2.89. The maximum Gasteiger partial charge on any atom is 0.132 e. The summed E-state index contributed by atoms with van der Waals surface area (Å²) >= 11 is 0. The fourth-order valence-corrected chi connectivity index (χ4v) is 2.83. The fraction of sp³-hybridized carbons (Fsp3) is 0.625. The Hall–Kier alpha value is -1.13. The van der Waals surface area contributed by atoms with Gasteiger partial charge in [0.05, 0.1) is 12.2 Å². The quantitative estimate of drug-likeness (QED) is 0.842. The molecule has 0 aliphatic heterocycles. The highest BCUT2D eigenvalue weighted by molar-refractivity contribution is 5.30. The third kappa shape index (κ3) is 4.18. The van der Waals surface area contributed by atoms with Gasteiger partial charge < -0.3 is 14.9 Å². The molecule has 2 rings (SSSR count). The van der Waals surface area contributed by atoms with E-state index in [2.05, 4.69) is 0 Å². The summed E-state index contributed by atoms with van der Waals surface area (Å²) in [5.74, 6) is 0.503. The highest BCUT2D eigenvalue weighted by Gasteiger charge is 2.19. The summed E-state index contributed by atoms with van der Waals surface area (Å²) in [6.45, 7) is 1.70. The molecule has 1 aromatic rings. The van der Waals surface area contributed by atoms with Crippen molar-refractivity contribution in [1.82, 2.24) is 0 Å². The maximum absolute atomic E-state index is 13.7. The van der Waals surface area contributed by atoms with Crippen molar-refractivity contribution in [2.75, 3.05) is 6.61 Å². The predicted octanol–water partition coefficient (Wildman–Crippen LogP) is 3.20. The van der Waals surface area contributed by atoms with E-state index in [1.807, 2.05) is 0 Å².